The quantitative estimate of drug-likeness (QED) is 0.538. The number of nitrogens with zero attached hydrogens (tertiary/aromatic N) is 2. The first-order valence-corrected chi connectivity index (χ1v) is 10.5. The van der Waals surface area contributed by atoms with E-state index in [0.717, 1.165) is 6.26 Å². The number of rotatable bonds is 5. The Morgan fingerprint density at radius 1 is 1.03 bits per heavy atom. The number of hydrazine groups is 1. The molecule has 0 saturated heterocycles. The number of nitrogens with one attached hydrogen (secondary N) is 2. The molecule has 150 valence electrons. The van der Waals surface area contributed by atoms with Gasteiger partial charge in [-0.3, -0.25) is 20.4 Å². The second-order valence-corrected chi connectivity index (χ2v) is 8.46. The van der Waals surface area contributed by atoms with Crippen LogP contribution in [-0.4, -0.2) is 41.4 Å². The van der Waals surface area contributed by atoms with Crippen LogP contribution < -0.4 is 10.9 Å². The van der Waals surface area contributed by atoms with Crippen molar-refractivity contribution >= 4 is 21.7 Å². The second kappa shape index (κ2) is 8.15. The Balaban J connectivity index is 1.67. The molecule has 0 aliphatic carbocycles. The molecule has 3 rings (SSSR count). The van der Waals surface area contributed by atoms with Gasteiger partial charge in [-0.25, -0.2) is 13.1 Å². The Morgan fingerprint density at radius 3 is 2.41 bits per heavy atom. The van der Waals surface area contributed by atoms with Gasteiger partial charge in [0.25, 0.3) is 11.8 Å². The molecule has 0 aliphatic heterocycles. The van der Waals surface area contributed by atoms with Crippen molar-refractivity contribution in [3.05, 3.63) is 77.6 Å². The number of hydrogen-bond donors (Lipinski definition) is 3. The van der Waals surface area contributed by atoms with E-state index in [-0.39, 0.29) is 22.8 Å². The molecule has 0 atom stereocenters. The Labute approximate surface area is 166 Å². The van der Waals surface area contributed by atoms with Crippen LogP contribution in [0.3, 0.4) is 0 Å². The minimum atomic E-state index is -3.25. The van der Waals surface area contributed by atoms with Gasteiger partial charge in [-0.1, -0.05) is 30.3 Å². The van der Waals surface area contributed by atoms with Crippen molar-refractivity contribution in [1.29, 1.82) is 0 Å². The van der Waals surface area contributed by atoms with Crippen LogP contribution >= 0.6 is 0 Å². The molecule has 2 amide bonds. The summed E-state index contributed by atoms with van der Waals surface area (Å²) in [4.78, 5) is 24.5. The fraction of sp³-hybridized carbons (Fsp3) is 0.105. The fourth-order valence-corrected chi connectivity index (χ4v) is 3.37. The predicted octanol–water partition coefficient (Wildman–Crippen LogP) is 1.20. The lowest BCUT2D eigenvalue weighted by Gasteiger charge is -2.07. The summed E-state index contributed by atoms with van der Waals surface area (Å²) in [5, 5.41) is 14.0. The topological polar surface area (TPSA) is 130 Å². The molecule has 1 aromatic heterocycles. The summed E-state index contributed by atoms with van der Waals surface area (Å²) in [6.45, 7) is 0. The van der Waals surface area contributed by atoms with Crippen molar-refractivity contribution in [1.82, 2.24) is 20.6 Å². The summed E-state index contributed by atoms with van der Waals surface area (Å²) in [6, 6.07) is 14.9. The van der Waals surface area contributed by atoms with Gasteiger partial charge < -0.3 is 5.11 Å². The molecule has 0 saturated carbocycles. The van der Waals surface area contributed by atoms with Crippen LogP contribution in [0.1, 0.15) is 26.4 Å². The highest BCUT2D eigenvalue weighted by Crippen LogP contribution is 2.17. The Hall–Kier alpha value is -3.66. The summed E-state index contributed by atoms with van der Waals surface area (Å²) in [6.07, 6.45) is 2.38. The number of sulfone groups is 1. The zero-order valence-corrected chi connectivity index (χ0v) is 16.2. The van der Waals surface area contributed by atoms with E-state index in [1.165, 1.54) is 23.0 Å². The fourth-order valence-electron chi connectivity index (χ4n) is 2.59. The van der Waals surface area contributed by atoms with Crippen molar-refractivity contribution < 1.29 is 23.1 Å². The van der Waals surface area contributed by atoms with E-state index in [4.69, 9.17) is 0 Å². The first-order chi connectivity index (χ1) is 13.7. The summed E-state index contributed by atoms with van der Waals surface area (Å²) in [7, 11) is -3.25. The van der Waals surface area contributed by atoms with Crippen molar-refractivity contribution in [3.63, 3.8) is 0 Å². The lowest BCUT2D eigenvalue weighted by Crippen LogP contribution is -2.41. The number of carbonyl (C=O) groups excluding carboxylic acids is 2. The van der Waals surface area contributed by atoms with Crippen LogP contribution in [0.5, 0.6) is 5.75 Å². The van der Waals surface area contributed by atoms with Gasteiger partial charge >= 0.3 is 0 Å². The minimum absolute atomic E-state index is 0.172. The van der Waals surface area contributed by atoms with Gasteiger partial charge in [0.2, 0.25) is 0 Å². The van der Waals surface area contributed by atoms with E-state index in [9.17, 15) is 23.1 Å². The summed E-state index contributed by atoms with van der Waals surface area (Å²) in [5.74, 6) is -2.00. The van der Waals surface area contributed by atoms with E-state index in [2.05, 4.69) is 16.0 Å². The zero-order chi connectivity index (χ0) is 21.0. The van der Waals surface area contributed by atoms with Crippen LogP contribution in [0, 0.1) is 0 Å². The minimum Gasteiger partial charge on any atom is -0.504 e. The molecule has 0 bridgehead atoms. The molecule has 0 spiro atoms. The molecule has 3 aromatic rings. The Kier molecular flexibility index (Phi) is 5.64. The van der Waals surface area contributed by atoms with E-state index in [0.29, 0.717) is 11.3 Å². The predicted molar refractivity (Wildman–Crippen MR) is 105 cm³/mol. The maximum Gasteiger partial charge on any atom is 0.294 e. The van der Waals surface area contributed by atoms with Gasteiger partial charge in [-0.15, -0.1) is 0 Å². The van der Waals surface area contributed by atoms with Crippen LogP contribution in [0.25, 0.3) is 5.69 Å². The van der Waals surface area contributed by atoms with E-state index < -0.39 is 21.7 Å². The Bertz CT molecular complexity index is 1160. The molecule has 9 nitrogen and oxygen atoms in total. The van der Waals surface area contributed by atoms with E-state index >= 15 is 0 Å². The lowest BCUT2D eigenvalue weighted by atomic mass is 10.1. The van der Waals surface area contributed by atoms with Crippen LogP contribution in [0.15, 0.2) is 60.8 Å². The highest BCUT2D eigenvalue weighted by molar-refractivity contribution is 7.89. The number of aromatic nitrogens is 2. The van der Waals surface area contributed by atoms with Gasteiger partial charge in [0, 0.05) is 11.8 Å². The normalized spacial score (nSPS) is 11.1. The molecule has 10 heteroatoms. The average Bonchev–Trinajstić information content (AvgIpc) is 3.07. The number of amides is 2. The molecule has 0 fully saturated rings. The van der Waals surface area contributed by atoms with Crippen molar-refractivity contribution in [3.8, 4) is 11.4 Å². The van der Waals surface area contributed by atoms with E-state index in [1.807, 2.05) is 6.07 Å². The highest BCUT2D eigenvalue weighted by atomic mass is 32.2. The monoisotopic (exact) mass is 414 g/mol. The molecule has 3 N–H and O–H groups in total. The second-order valence-electron chi connectivity index (χ2n) is 6.32. The molecule has 29 heavy (non-hydrogen) atoms. The van der Waals surface area contributed by atoms with Crippen molar-refractivity contribution in [2.75, 3.05) is 6.26 Å². The third-order valence-corrected chi connectivity index (χ3v) is 4.70. The number of hydrogen-bond acceptors (Lipinski definition) is 6. The smallest absolute Gasteiger partial charge is 0.294 e. The van der Waals surface area contributed by atoms with Crippen molar-refractivity contribution in [2.24, 2.45) is 0 Å². The lowest BCUT2D eigenvalue weighted by molar-refractivity contribution is 0.0842. The zero-order valence-electron chi connectivity index (χ0n) is 15.4. The summed E-state index contributed by atoms with van der Waals surface area (Å²) < 4.78 is 24.1. The third kappa shape index (κ3) is 5.20. The van der Waals surface area contributed by atoms with Crippen LogP contribution in [0.4, 0.5) is 0 Å². The Morgan fingerprint density at radius 2 is 1.72 bits per heavy atom. The number of para-hydroxylation sites is 1. The van der Waals surface area contributed by atoms with Gasteiger partial charge in [0.15, 0.2) is 21.3 Å². The molecule has 0 aliphatic rings. The number of carbonyl (C=O) groups is 2. The maximum atomic E-state index is 12.3. The van der Waals surface area contributed by atoms with Gasteiger partial charge in [-0.2, -0.15) is 5.10 Å². The molecule has 1 heterocycles. The largest absolute Gasteiger partial charge is 0.504 e. The summed E-state index contributed by atoms with van der Waals surface area (Å²) >= 11 is 0. The number of benzene rings is 2. The maximum absolute atomic E-state index is 12.3. The molecular weight excluding hydrogens is 396 g/mol. The standard InChI is InChI=1S/C19H18N4O5S/c1-29(27,28)12-13-6-5-7-14(10-13)18(25)20-21-19(26)17-16(24)11-23(22-17)15-8-3-2-4-9-15/h2-11,24H,12H2,1H3,(H,20,25)(H,21,26). The molecule has 0 unspecified atom stereocenters. The van der Waals surface area contributed by atoms with Gasteiger partial charge in [0.1, 0.15) is 0 Å². The van der Waals surface area contributed by atoms with Gasteiger partial charge in [0.05, 0.1) is 17.6 Å². The molecular formula is C19H18N4O5S. The molecule has 0 radical (unpaired) electrons. The van der Waals surface area contributed by atoms with Crippen LogP contribution in [-0.2, 0) is 15.6 Å². The van der Waals surface area contributed by atoms with E-state index in [1.54, 1.807) is 36.4 Å². The van der Waals surface area contributed by atoms with Crippen LogP contribution in [0.2, 0.25) is 0 Å². The SMILES string of the molecule is CS(=O)(=O)Cc1cccc(C(=O)NNC(=O)c2nn(-c3ccccc3)cc2O)c1. The third-order valence-electron chi connectivity index (χ3n) is 3.84. The average molecular weight is 414 g/mol. The molecule has 2 aromatic carbocycles. The highest BCUT2D eigenvalue weighted by Gasteiger charge is 2.18. The first kappa shape index (κ1) is 20.1. The van der Waals surface area contributed by atoms with Crippen molar-refractivity contribution in [2.45, 2.75) is 5.75 Å². The van der Waals surface area contributed by atoms with Gasteiger partial charge in [-0.05, 0) is 29.8 Å². The number of aromatic hydroxyl groups is 1. The summed E-state index contributed by atoms with van der Waals surface area (Å²) in [5.41, 5.74) is 5.40. The first-order valence-electron chi connectivity index (χ1n) is 8.44.